The average Bonchev–Trinajstić information content (AvgIpc) is 2.11. The van der Waals surface area contributed by atoms with Crippen LogP contribution in [0.25, 0.3) is 0 Å². The van der Waals surface area contributed by atoms with Crippen molar-refractivity contribution in [3.63, 3.8) is 0 Å². The second-order valence-electron chi connectivity index (χ2n) is 1.91. The zero-order chi connectivity index (χ0) is 7.78. The first-order valence-corrected chi connectivity index (χ1v) is 4.00. The molecule has 4 nitrogen and oxygen atoms in total. The molecule has 0 bridgehead atoms. The van der Waals surface area contributed by atoms with Gasteiger partial charge in [-0.15, -0.1) is 0 Å². The van der Waals surface area contributed by atoms with Crippen molar-refractivity contribution in [2.75, 3.05) is 0 Å². The Morgan fingerprint density at radius 1 is 1.55 bits per heavy atom. The van der Waals surface area contributed by atoms with Crippen LogP contribution in [0.2, 0.25) is 0 Å². The van der Waals surface area contributed by atoms with Crippen molar-refractivity contribution in [1.82, 2.24) is 4.57 Å². The third-order valence-electron chi connectivity index (χ3n) is 1.15. The molecule has 0 unspecified atom stereocenters. The molecule has 0 aliphatic rings. The van der Waals surface area contributed by atoms with E-state index in [9.17, 15) is 13.0 Å². The zero-order valence-electron chi connectivity index (χ0n) is 6.31. The summed E-state index contributed by atoms with van der Waals surface area (Å²) in [6.45, 7) is 0. The first kappa shape index (κ1) is 11.2. The van der Waals surface area contributed by atoms with Crippen molar-refractivity contribution in [2.24, 2.45) is 7.05 Å². The summed E-state index contributed by atoms with van der Waals surface area (Å²) in [4.78, 5) is 0. The van der Waals surface area contributed by atoms with Crippen LogP contribution in [0.3, 0.4) is 0 Å². The summed E-state index contributed by atoms with van der Waals surface area (Å²) in [7, 11) is -2.77. The molecule has 0 aromatic carbocycles. The van der Waals surface area contributed by atoms with Gasteiger partial charge in [0.25, 0.3) is 0 Å². The van der Waals surface area contributed by atoms with E-state index < -0.39 is 10.1 Å². The molecule has 0 aliphatic heterocycles. The fourth-order valence-corrected chi connectivity index (χ4v) is 1.36. The molecule has 0 N–H and O–H groups in total. The Hall–Kier alpha value is 0.190. The van der Waals surface area contributed by atoms with Crippen molar-refractivity contribution >= 4 is 10.1 Å². The van der Waals surface area contributed by atoms with Crippen LogP contribution in [0, 0.1) is 0 Å². The number of hydrogen-bond donors (Lipinski definition) is 0. The largest absolute Gasteiger partial charge is 1.00 e. The molecular weight excluding hydrogens is 177 g/mol. The Morgan fingerprint density at radius 3 is 2.27 bits per heavy atom. The number of aryl methyl sites for hydroxylation is 1. The zero-order valence-corrected chi connectivity index (χ0v) is 9.13. The second kappa shape index (κ2) is 3.73. The van der Waals surface area contributed by atoms with E-state index in [1.807, 2.05) is 0 Å². The standard InChI is InChI=1S/C5H7NO3S.Na/c1-6-4-2-3-5(6)10(7,8)9;/h2-4H,1H3,(H,7,8,9);/q;+1/p-1. The van der Waals surface area contributed by atoms with Crippen molar-refractivity contribution in [3.8, 4) is 0 Å². The molecule has 0 aliphatic carbocycles. The molecule has 1 rings (SSSR count). The number of nitrogens with zero attached hydrogens (tertiary/aromatic N) is 1. The van der Waals surface area contributed by atoms with Gasteiger partial charge in [0.05, 0.1) is 0 Å². The molecule has 1 aromatic heterocycles. The summed E-state index contributed by atoms with van der Waals surface area (Å²) in [6, 6.07) is 2.77. The van der Waals surface area contributed by atoms with Crippen LogP contribution in [0.4, 0.5) is 0 Å². The fourth-order valence-electron chi connectivity index (χ4n) is 0.705. The third kappa shape index (κ3) is 2.61. The SMILES string of the molecule is Cn1cccc1S(=O)(=O)[O-].[Na+]. The van der Waals surface area contributed by atoms with Gasteiger partial charge in [-0.2, -0.15) is 0 Å². The second-order valence-corrected chi connectivity index (χ2v) is 3.24. The molecule has 0 amide bonds. The van der Waals surface area contributed by atoms with E-state index in [1.54, 1.807) is 0 Å². The van der Waals surface area contributed by atoms with Crippen LogP contribution < -0.4 is 29.6 Å². The van der Waals surface area contributed by atoms with Gasteiger partial charge in [-0.05, 0) is 12.1 Å². The van der Waals surface area contributed by atoms with Crippen LogP contribution in [-0.4, -0.2) is 17.5 Å². The third-order valence-corrected chi connectivity index (χ3v) is 2.09. The van der Waals surface area contributed by atoms with Crippen LogP contribution in [0.15, 0.2) is 23.4 Å². The maximum Gasteiger partial charge on any atom is 1.00 e. The molecular formula is C5H6NNaO3S. The van der Waals surface area contributed by atoms with E-state index in [0.29, 0.717) is 0 Å². The molecule has 56 valence electrons. The molecule has 0 saturated carbocycles. The smallest absolute Gasteiger partial charge is 0.743 e. The molecule has 0 saturated heterocycles. The van der Waals surface area contributed by atoms with Gasteiger partial charge in [-0.25, -0.2) is 8.42 Å². The number of aromatic nitrogens is 1. The Kier molecular flexibility index (Phi) is 3.79. The maximum absolute atomic E-state index is 10.3. The number of rotatable bonds is 1. The normalized spacial score (nSPS) is 10.7. The van der Waals surface area contributed by atoms with E-state index in [0.717, 1.165) is 0 Å². The molecule has 0 atom stereocenters. The Bertz CT molecular complexity index is 329. The van der Waals surface area contributed by atoms with E-state index in [2.05, 4.69) is 0 Å². The summed E-state index contributed by atoms with van der Waals surface area (Å²) >= 11 is 0. The Labute approximate surface area is 87.3 Å². The Morgan fingerprint density at radius 2 is 2.09 bits per heavy atom. The summed E-state index contributed by atoms with van der Waals surface area (Å²) in [5.74, 6) is 0. The van der Waals surface area contributed by atoms with Crippen LogP contribution in [-0.2, 0) is 17.2 Å². The molecule has 6 heteroatoms. The van der Waals surface area contributed by atoms with Crippen molar-refractivity contribution < 1.29 is 42.5 Å². The summed E-state index contributed by atoms with van der Waals surface area (Å²) in [5.41, 5.74) is 0. The van der Waals surface area contributed by atoms with Gasteiger partial charge in [0.1, 0.15) is 15.1 Å². The van der Waals surface area contributed by atoms with Crippen LogP contribution in [0.1, 0.15) is 0 Å². The van der Waals surface area contributed by atoms with Crippen molar-refractivity contribution in [1.29, 1.82) is 0 Å². The van der Waals surface area contributed by atoms with Crippen LogP contribution >= 0.6 is 0 Å². The van der Waals surface area contributed by atoms with Gasteiger partial charge in [-0.1, -0.05) is 0 Å². The maximum atomic E-state index is 10.3. The molecule has 0 fully saturated rings. The molecule has 0 radical (unpaired) electrons. The molecule has 0 spiro atoms. The minimum atomic E-state index is -4.28. The molecule has 11 heavy (non-hydrogen) atoms. The van der Waals surface area contributed by atoms with Gasteiger partial charge in [0.2, 0.25) is 0 Å². The predicted molar refractivity (Wildman–Crippen MR) is 33.4 cm³/mol. The quantitative estimate of drug-likeness (QED) is 0.343. The van der Waals surface area contributed by atoms with Crippen LogP contribution in [0.5, 0.6) is 0 Å². The van der Waals surface area contributed by atoms with Crippen molar-refractivity contribution in [2.45, 2.75) is 5.03 Å². The predicted octanol–water partition coefficient (Wildman–Crippen LogP) is -3.07. The average molecular weight is 183 g/mol. The minimum Gasteiger partial charge on any atom is -0.743 e. The van der Waals surface area contributed by atoms with Crippen molar-refractivity contribution in [3.05, 3.63) is 18.3 Å². The van der Waals surface area contributed by atoms with E-state index in [-0.39, 0.29) is 34.6 Å². The Balaban J connectivity index is 0.000001000. The van der Waals surface area contributed by atoms with E-state index >= 15 is 0 Å². The van der Waals surface area contributed by atoms with Gasteiger partial charge in [-0.3, -0.25) is 0 Å². The van der Waals surface area contributed by atoms with Gasteiger partial charge >= 0.3 is 29.6 Å². The van der Waals surface area contributed by atoms with Gasteiger partial charge < -0.3 is 9.12 Å². The van der Waals surface area contributed by atoms with E-state index in [4.69, 9.17) is 0 Å². The van der Waals surface area contributed by atoms with E-state index in [1.165, 1.54) is 29.9 Å². The fraction of sp³-hybridized carbons (Fsp3) is 0.200. The first-order chi connectivity index (χ1) is 4.52. The van der Waals surface area contributed by atoms with Gasteiger partial charge in [0.15, 0.2) is 0 Å². The molecule has 1 heterocycles. The minimum absolute atomic E-state index is 0. The molecule has 1 aromatic rings. The first-order valence-electron chi connectivity index (χ1n) is 2.59. The monoisotopic (exact) mass is 183 g/mol. The van der Waals surface area contributed by atoms with Gasteiger partial charge in [0, 0.05) is 13.2 Å². The number of hydrogen-bond acceptors (Lipinski definition) is 3. The summed E-state index contributed by atoms with van der Waals surface area (Å²) in [5, 5.41) is -0.201. The topological polar surface area (TPSA) is 62.1 Å². The summed E-state index contributed by atoms with van der Waals surface area (Å²) in [6.07, 6.45) is 1.50. The summed E-state index contributed by atoms with van der Waals surface area (Å²) < 4.78 is 32.3.